The maximum absolute atomic E-state index is 13.3. The molecular formula is C16H14FNO3S. The van der Waals surface area contributed by atoms with Crippen molar-refractivity contribution < 1.29 is 17.0 Å². The van der Waals surface area contributed by atoms with E-state index in [1.165, 1.54) is 0 Å². The smallest absolute Gasteiger partial charge is 0.339 e. The first-order valence-corrected chi connectivity index (χ1v) is 7.88. The molecule has 0 aliphatic heterocycles. The van der Waals surface area contributed by atoms with Gasteiger partial charge in [-0.15, -0.1) is 0 Å². The summed E-state index contributed by atoms with van der Waals surface area (Å²) in [7, 11) is -4.14. The highest BCUT2D eigenvalue weighted by Gasteiger charge is 2.21. The van der Waals surface area contributed by atoms with E-state index in [1.807, 2.05) is 13.0 Å². The normalized spacial score (nSPS) is 11.0. The number of nitrogens with zero attached hydrogens (tertiary/aromatic N) is 1. The van der Waals surface area contributed by atoms with Gasteiger partial charge in [-0.05, 0) is 55.7 Å². The molecular weight excluding hydrogens is 305 g/mol. The van der Waals surface area contributed by atoms with E-state index >= 15 is 0 Å². The Morgan fingerprint density at radius 3 is 2.36 bits per heavy atom. The number of rotatable bonds is 3. The predicted octanol–water partition coefficient (Wildman–Crippen LogP) is 3.39. The predicted molar refractivity (Wildman–Crippen MR) is 79.6 cm³/mol. The van der Waals surface area contributed by atoms with Gasteiger partial charge in [0.2, 0.25) is 0 Å². The molecule has 0 N–H and O–H groups in total. The van der Waals surface area contributed by atoms with Crippen LogP contribution in [0.4, 0.5) is 4.39 Å². The largest absolute Gasteiger partial charge is 0.378 e. The summed E-state index contributed by atoms with van der Waals surface area (Å²) in [5.41, 5.74) is 1.94. The molecule has 0 aliphatic rings. The molecule has 4 nitrogen and oxygen atoms in total. The molecule has 0 spiro atoms. The standard InChI is InChI=1S/C16H14FNO3S/c1-10-4-5-11(2)16(12(10)3)21-22(19,20)14-6-7-15(17)13(8-14)9-18/h4-8H,1-3H3. The molecule has 114 valence electrons. The Hall–Kier alpha value is -2.39. The van der Waals surface area contributed by atoms with E-state index in [4.69, 9.17) is 9.44 Å². The Bertz CT molecular complexity index is 883. The molecule has 0 radical (unpaired) electrons. The van der Waals surface area contributed by atoms with Crippen LogP contribution in [0.5, 0.6) is 5.75 Å². The average Bonchev–Trinajstić information content (AvgIpc) is 2.48. The lowest BCUT2D eigenvalue weighted by atomic mass is 10.1. The minimum Gasteiger partial charge on any atom is -0.378 e. The van der Waals surface area contributed by atoms with Crippen LogP contribution in [0, 0.1) is 37.9 Å². The summed E-state index contributed by atoms with van der Waals surface area (Å²) in [6, 6.07) is 8.22. The summed E-state index contributed by atoms with van der Waals surface area (Å²) in [6.45, 7) is 5.35. The third kappa shape index (κ3) is 2.95. The molecule has 0 saturated heterocycles. The molecule has 0 atom stereocenters. The highest BCUT2D eigenvalue weighted by Crippen LogP contribution is 2.29. The number of halogens is 1. The highest BCUT2D eigenvalue weighted by molar-refractivity contribution is 7.87. The summed E-state index contributed by atoms with van der Waals surface area (Å²) in [5, 5.41) is 8.80. The van der Waals surface area contributed by atoms with Crippen molar-refractivity contribution in [3.63, 3.8) is 0 Å². The van der Waals surface area contributed by atoms with Crippen molar-refractivity contribution in [3.05, 3.63) is 58.4 Å². The lowest BCUT2D eigenvalue weighted by Gasteiger charge is -2.13. The fraction of sp³-hybridized carbons (Fsp3) is 0.188. The summed E-state index contributed by atoms with van der Waals surface area (Å²) < 4.78 is 43.2. The second kappa shape index (κ2) is 5.78. The SMILES string of the molecule is Cc1ccc(C)c(OS(=O)(=O)c2ccc(F)c(C#N)c2)c1C. The van der Waals surface area contributed by atoms with Crippen LogP contribution >= 0.6 is 0 Å². The summed E-state index contributed by atoms with van der Waals surface area (Å²) in [5.74, 6) is -0.521. The second-order valence-corrected chi connectivity index (χ2v) is 6.49. The van der Waals surface area contributed by atoms with Crippen LogP contribution in [0.3, 0.4) is 0 Å². The monoisotopic (exact) mass is 319 g/mol. The van der Waals surface area contributed by atoms with E-state index in [2.05, 4.69) is 0 Å². The number of nitriles is 1. The molecule has 0 saturated carbocycles. The maximum Gasteiger partial charge on any atom is 0.339 e. The van der Waals surface area contributed by atoms with Crippen LogP contribution in [0.1, 0.15) is 22.3 Å². The van der Waals surface area contributed by atoms with Gasteiger partial charge in [0, 0.05) is 0 Å². The molecule has 0 bridgehead atoms. The number of aryl methyl sites for hydroxylation is 2. The number of hydrogen-bond acceptors (Lipinski definition) is 4. The van der Waals surface area contributed by atoms with Gasteiger partial charge in [0.25, 0.3) is 0 Å². The Labute approximate surface area is 128 Å². The van der Waals surface area contributed by atoms with Crippen molar-refractivity contribution in [2.45, 2.75) is 25.7 Å². The fourth-order valence-electron chi connectivity index (χ4n) is 1.96. The van der Waals surface area contributed by atoms with Crippen LogP contribution in [-0.4, -0.2) is 8.42 Å². The summed E-state index contributed by atoms with van der Waals surface area (Å²) >= 11 is 0. The van der Waals surface area contributed by atoms with Crippen molar-refractivity contribution >= 4 is 10.1 Å². The number of benzene rings is 2. The molecule has 0 fully saturated rings. The van der Waals surface area contributed by atoms with Crippen molar-refractivity contribution in [1.82, 2.24) is 0 Å². The Kier molecular flexibility index (Phi) is 4.20. The lowest BCUT2D eigenvalue weighted by molar-refractivity contribution is 0.481. The first-order valence-electron chi connectivity index (χ1n) is 6.47. The molecule has 2 rings (SSSR count). The van der Waals surface area contributed by atoms with Gasteiger partial charge in [0.1, 0.15) is 22.5 Å². The fourth-order valence-corrected chi connectivity index (χ4v) is 3.03. The molecule has 2 aromatic carbocycles. The topological polar surface area (TPSA) is 67.2 Å². The first kappa shape index (κ1) is 16.0. The Morgan fingerprint density at radius 2 is 1.73 bits per heavy atom. The van der Waals surface area contributed by atoms with Gasteiger partial charge >= 0.3 is 10.1 Å². The zero-order valence-corrected chi connectivity index (χ0v) is 13.2. The number of hydrogen-bond donors (Lipinski definition) is 0. The third-order valence-electron chi connectivity index (χ3n) is 3.41. The molecule has 0 aromatic heterocycles. The Morgan fingerprint density at radius 1 is 1.09 bits per heavy atom. The zero-order chi connectivity index (χ0) is 16.5. The van der Waals surface area contributed by atoms with Gasteiger partial charge < -0.3 is 4.18 Å². The van der Waals surface area contributed by atoms with E-state index < -0.39 is 15.9 Å². The average molecular weight is 319 g/mol. The van der Waals surface area contributed by atoms with E-state index in [0.29, 0.717) is 11.1 Å². The van der Waals surface area contributed by atoms with E-state index in [9.17, 15) is 12.8 Å². The van der Waals surface area contributed by atoms with E-state index in [0.717, 1.165) is 23.8 Å². The second-order valence-electron chi connectivity index (χ2n) is 4.94. The van der Waals surface area contributed by atoms with Crippen molar-refractivity contribution in [2.75, 3.05) is 0 Å². The quantitative estimate of drug-likeness (QED) is 0.813. The van der Waals surface area contributed by atoms with Crippen LogP contribution < -0.4 is 4.18 Å². The van der Waals surface area contributed by atoms with Gasteiger partial charge in [0.05, 0.1) is 5.56 Å². The van der Waals surface area contributed by atoms with Gasteiger partial charge in [-0.1, -0.05) is 12.1 Å². The van der Waals surface area contributed by atoms with Gasteiger partial charge in [-0.3, -0.25) is 0 Å². The maximum atomic E-state index is 13.3. The van der Waals surface area contributed by atoms with Gasteiger partial charge in [-0.2, -0.15) is 13.7 Å². The van der Waals surface area contributed by atoms with Crippen molar-refractivity contribution in [3.8, 4) is 11.8 Å². The highest BCUT2D eigenvalue weighted by atomic mass is 32.2. The van der Waals surface area contributed by atoms with Crippen LogP contribution in [0.25, 0.3) is 0 Å². The van der Waals surface area contributed by atoms with Gasteiger partial charge in [-0.25, -0.2) is 4.39 Å². The zero-order valence-electron chi connectivity index (χ0n) is 12.3. The lowest BCUT2D eigenvalue weighted by Crippen LogP contribution is -2.12. The summed E-state index contributed by atoms with van der Waals surface area (Å²) in [4.78, 5) is -0.259. The van der Waals surface area contributed by atoms with E-state index in [1.54, 1.807) is 26.0 Å². The molecule has 0 aliphatic carbocycles. The molecule has 2 aromatic rings. The van der Waals surface area contributed by atoms with Crippen LogP contribution in [0.15, 0.2) is 35.2 Å². The van der Waals surface area contributed by atoms with E-state index in [-0.39, 0.29) is 16.2 Å². The van der Waals surface area contributed by atoms with Crippen molar-refractivity contribution in [2.24, 2.45) is 0 Å². The summed E-state index contributed by atoms with van der Waals surface area (Å²) in [6.07, 6.45) is 0. The minimum atomic E-state index is -4.14. The van der Waals surface area contributed by atoms with Crippen molar-refractivity contribution in [1.29, 1.82) is 5.26 Å². The first-order chi connectivity index (χ1) is 10.3. The molecule has 6 heteroatoms. The minimum absolute atomic E-state index is 0.253. The van der Waals surface area contributed by atoms with Crippen LogP contribution in [0.2, 0.25) is 0 Å². The van der Waals surface area contributed by atoms with Gasteiger partial charge in [0.15, 0.2) is 0 Å². The molecule has 0 amide bonds. The third-order valence-corrected chi connectivity index (χ3v) is 4.63. The molecule has 22 heavy (non-hydrogen) atoms. The molecule has 0 heterocycles. The Balaban J connectivity index is 2.50. The molecule has 0 unspecified atom stereocenters. The van der Waals surface area contributed by atoms with Crippen LogP contribution in [-0.2, 0) is 10.1 Å².